The summed E-state index contributed by atoms with van der Waals surface area (Å²) in [6.45, 7) is 0.587. The fourth-order valence-electron chi connectivity index (χ4n) is 1.74. The number of benzene rings is 1. The van der Waals surface area contributed by atoms with Gasteiger partial charge in [0.25, 0.3) is 0 Å². The van der Waals surface area contributed by atoms with E-state index < -0.39 is 0 Å². The fourth-order valence-corrected chi connectivity index (χ4v) is 1.87. The highest BCUT2D eigenvalue weighted by molar-refractivity contribution is 6.30. The molecular weight excluding hydrogens is 248 g/mol. The summed E-state index contributed by atoms with van der Waals surface area (Å²) in [4.78, 5) is 3.87. The van der Waals surface area contributed by atoms with Crippen molar-refractivity contribution in [2.24, 2.45) is 5.92 Å². The van der Waals surface area contributed by atoms with Crippen molar-refractivity contribution >= 4 is 11.6 Å². The van der Waals surface area contributed by atoms with E-state index in [0.29, 0.717) is 6.54 Å². The molecule has 18 heavy (non-hydrogen) atoms. The molecule has 1 heterocycles. The van der Waals surface area contributed by atoms with E-state index in [4.69, 9.17) is 16.9 Å². The Kier molecular flexibility index (Phi) is 4.32. The van der Waals surface area contributed by atoms with Crippen LogP contribution in [0.15, 0.2) is 36.9 Å². The van der Waals surface area contributed by atoms with Crippen LogP contribution in [0.1, 0.15) is 12.0 Å². The van der Waals surface area contributed by atoms with Crippen LogP contribution in [0.25, 0.3) is 0 Å². The lowest BCUT2D eigenvalue weighted by Gasteiger charge is -2.08. The second kappa shape index (κ2) is 6.18. The molecule has 4 nitrogen and oxygen atoms in total. The number of rotatable bonds is 5. The van der Waals surface area contributed by atoms with Crippen LogP contribution in [0.3, 0.4) is 0 Å². The molecule has 1 atom stereocenters. The molecule has 1 unspecified atom stereocenters. The third-order valence-electron chi connectivity index (χ3n) is 2.75. The van der Waals surface area contributed by atoms with E-state index in [0.717, 1.165) is 17.9 Å². The van der Waals surface area contributed by atoms with E-state index >= 15 is 0 Å². The molecule has 1 aromatic carbocycles. The van der Waals surface area contributed by atoms with Crippen molar-refractivity contribution in [2.45, 2.75) is 19.4 Å². The summed E-state index contributed by atoms with van der Waals surface area (Å²) in [5.74, 6) is -0.0534. The van der Waals surface area contributed by atoms with Gasteiger partial charge in [0.2, 0.25) is 0 Å². The molecule has 0 fully saturated rings. The van der Waals surface area contributed by atoms with Gasteiger partial charge in [0.05, 0.1) is 18.5 Å². The van der Waals surface area contributed by atoms with Crippen molar-refractivity contribution in [3.05, 3.63) is 47.5 Å². The topological polar surface area (TPSA) is 54.5 Å². The van der Waals surface area contributed by atoms with E-state index in [1.165, 1.54) is 11.9 Å². The van der Waals surface area contributed by atoms with Crippen LogP contribution in [0.4, 0.5) is 0 Å². The average molecular weight is 261 g/mol. The molecule has 0 amide bonds. The molecular formula is C13H13ClN4. The zero-order valence-corrected chi connectivity index (χ0v) is 10.6. The normalized spacial score (nSPS) is 12.0. The first-order valence-electron chi connectivity index (χ1n) is 5.74. The molecule has 0 saturated carbocycles. The maximum Gasteiger partial charge on any atom is 0.137 e. The molecule has 5 heteroatoms. The van der Waals surface area contributed by atoms with E-state index in [9.17, 15) is 0 Å². The molecule has 0 spiro atoms. The molecule has 0 aliphatic heterocycles. The first-order chi connectivity index (χ1) is 8.78. The van der Waals surface area contributed by atoms with Crippen LogP contribution in [-0.2, 0) is 13.0 Å². The predicted molar refractivity (Wildman–Crippen MR) is 68.9 cm³/mol. The Bertz CT molecular complexity index is 513. The fraction of sp³-hybridized carbons (Fsp3) is 0.308. The van der Waals surface area contributed by atoms with Crippen LogP contribution in [0.5, 0.6) is 0 Å². The Morgan fingerprint density at radius 1 is 1.33 bits per heavy atom. The monoisotopic (exact) mass is 260 g/mol. The summed E-state index contributed by atoms with van der Waals surface area (Å²) in [6, 6.07) is 10.0. The minimum absolute atomic E-state index is 0.0534. The van der Waals surface area contributed by atoms with Gasteiger partial charge < -0.3 is 0 Å². The molecule has 0 aliphatic carbocycles. The Morgan fingerprint density at radius 2 is 2.11 bits per heavy atom. The number of nitrogens with zero attached hydrogens (tertiary/aromatic N) is 4. The molecule has 0 bridgehead atoms. The third kappa shape index (κ3) is 3.57. The summed E-state index contributed by atoms with van der Waals surface area (Å²) in [7, 11) is 0. The van der Waals surface area contributed by atoms with E-state index in [-0.39, 0.29) is 5.92 Å². The number of hydrogen-bond donors (Lipinski definition) is 0. The molecule has 2 rings (SSSR count). The lowest BCUT2D eigenvalue weighted by atomic mass is 10.0. The number of nitriles is 1. The minimum Gasteiger partial charge on any atom is -0.252 e. The molecule has 0 aliphatic rings. The number of aromatic nitrogens is 3. The van der Waals surface area contributed by atoms with Crippen molar-refractivity contribution < 1.29 is 0 Å². The van der Waals surface area contributed by atoms with Crippen molar-refractivity contribution in [3.8, 4) is 6.07 Å². The standard InChI is InChI=1S/C13H13ClN4/c14-13-5-3-11(4-6-13)1-2-12(7-15)8-18-10-16-9-17-18/h3-6,9-10,12H,1-2,8H2. The van der Waals surface area contributed by atoms with Gasteiger partial charge in [0.1, 0.15) is 12.7 Å². The summed E-state index contributed by atoms with van der Waals surface area (Å²) in [5, 5.41) is 13.9. The summed E-state index contributed by atoms with van der Waals surface area (Å²) < 4.78 is 1.69. The van der Waals surface area contributed by atoms with Crippen molar-refractivity contribution in [1.82, 2.24) is 14.8 Å². The number of aryl methyl sites for hydroxylation is 1. The molecule has 0 radical (unpaired) electrons. The average Bonchev–Trinajstić information content (AvgIpc) is 2.89. The van der Waals surface area contributed by atoms with Crippen molar-refractivity contribution in [3.63, 3.8) is 0 Å². The predicted octanol–water partition coefficient (Wildman–Crippen LogP) is 2.70. The Hall–Kier alpha value is -1.86. The molecule has 92 valence electrons. The van der Waals surface area contributed by atoms with Gasteiger partial charge in [-0.25, -0.2) is 4.98 Å². The first kappa shape index (κ1) is 12.6. The lowest BCUT2D eigenvalue weighted by molar-refractivity contribution is 0.471. The van der Waals surface area contributed by atoms with Gasteiger partial charge in [-0.3, -0.25) is 4.68 Å². The SMILES string of the molecule is N#CC(CCc1ccc(Cl)cc1)Cn1cncn1. The van der Waals surface area contributed by atoms with Crippen LogP contribution in [-0.4, -0.2) is 14.8 Å². The van der Waals surface area contributed by atoms with Gasteiger partial charge in [-0.15, -0.1) is 0 Å². The van der Waals surface area contributed by atoms with Crippen LogP contribution in [0.2, 0.25) is 5.02 Å². The maximum absolute atomic E-state index is 9.11. The van der Waals surface area contributed by atoms with Crippen molar-refractivity contribution in [2.75, 3.05) is 0 Å². The Labute approximate surface area is 111 Å². The van der Waals surface area contributed by atoms with Gasteiger partial charge in [-0.1, -0.05) is 23.7 Å². The quantitative estimate of drug-likeness (QED) is 0.831. The third-order valence-corrected chi connectivity index (χ3v) is 3.00. The highest BCUT2D eigenvalue weighted by Gasteiger charge is 2.09. The molecule has 0 N–H and O–H groups in total. The summed E-state index contributed by atoms with van der Waals surface area (Å²) in [5.41, 5.74) is 1.19. The highest BCUT2D eigenvalue weighted by Crippen LogP contribution is 2.14. The van der Waals surface area contributed by atoms with Gasteiger partial charge in [0.15, 0.2) is 0 Å². The largest absolute Gasteiger partial charge is 0.252 e. The molecule has 1 aromatic heterocycles. The lowest BCUT2D eigenvalue weighted by Crippen LogP contribution is -2.10. The van der Waals surface area contributed by atoms with Crippen LogP contribution < -0.4 is 0 Å². The zero-order chi connectivity index (χ0) is 12.8. The Morgan fingerprint density at radius 3 is 2.72 bits per heavy atom. The van der Waals surface area contributed by atoms with Gasteiger partial charge in [-0.2, -0.15) is 10.4 Å². The second-order valence-corrected chi connectivity index (χ2v) is 4.55. The molecule has 2 aromatic rings. The maximum atomic E-state index is 9.11. The van der Waals surface area contributed by atoms with Gasteiger partial charge in [0, 0.05) is 5.02 Å². The zero-order valence-electron chi connectivity index (χ0n) is 9.83. The second-order valence-electron chi connectivity index (χ2n) is 4.11. The summed E-state index contributed by atoms with van der Waals surface area (Å²) >= 11 is 5.83. The highest BCUT2D eigenvalue weighted by atomic mass is 35.5. The van der Waals surface area contributed by atoms with E-state index in [1.54, 1.807) is 11.0 Å². The number of halogens is 1. The van der Waals surface area contributed by atoms with E-state index in [1.807, 2.05) is 24.3 Å². The van der Waals surface area contributed by atoms with Gasteiger partial charge >= 0.3 is 0 Å². The summed E-state index contributed by atoms with van der Waals surface area (Å²) in [6.07, 6.45) is 4.78. The smallest absolute Gasteiger partial charge is 0.137 e. The minimum atomic E-state index is -0.0534. The van der Waals surface area contributed by atoms with Gasteiger partial charge in [-0.05, 0) is 30.5 Å². The van der Waals surface area contributed by atoms with Crippen LogP contribution >= 0.6 is 11.6 Å². The molecule has 0 saturated heterocycles. The Balaban J connectivity index is 1.88. The number of hydrogen-bond acceptors (Lipinski definition) is 3. The van der Waals surface area contributed by atoms with E-state index in [2.05, 4.69) is 16.2 Å². The van der Waals surface area contributed by atoms with Crippen LogP contribution in [0, 0.1) is 17.2 Å². The first-order valence-corrected chi connectivity index (χ1v) is 6.12. The van der Waals surface area contributed by atoms with Crippen molar-refractivity contribution in [1.29, 1.82) is 5.26 Å².